The summed E-state index contributed by atoms with van der Waals surface area (Å²) in [4.78, 5) is 12.3. The maximum absolute atomic E-state index is 13.2. The van der Waals surface area contributed by atoms with Gasteiger partial charge in [0.1, 0.15) is 5.82 Å². The van der Waals surface area contributed by atoms with Crippen molar-refractivity contribution in [2.24, 2.45) is 0 Å². The van der Waals surface area contributed by atoms with Crippen LogP contribution in [0.2, 0.25) is 0 Å². The van der Waals surface area contributed by atoms with E-state index in [1.54, 1.807) is 6.07 Å². The molecule has 0 unspecified atom stereocenters. The van der Waals surface area contributed by atoms with E-state index in [2.05, 4.69) is 10.0 Å². The van der Waals surface area contributed by atoms with E-state index in [4.69, 9.17) is 0 Å². The highest BCUT2D eigenvalue weighted by Gasteiger charge is 2.16. The van der Waals surface area contributed by atoms with Gasteiger partial charge >= 0.3 is 0 Å². The van der Waals surface area contributed by atoms with Crippen molar-refractivity contribution < 1.29 is 17.6 Å². The Morgan fingerprint density at radius 3 is 2.30 bits per heavy atom. The predicted molar refractivity (Wildman–Crippen MR) is 103 cm³/mol. The Morgan fingerprint density at radius 2 is 1.63 bits per heavy atom. The van der Waals surface area contributed by atoms with Crippen LogP contribution < -0.4 is 10.0 Å². The van der Waals surface area contributed by atoms with Crippen molar-refractivity contribution in [2.45, 2.75) is 11.8 Å². The standard InChI is InChI=1S/C20H17FN2O3S/c1-14-5-2-3-8-19(14)22-20(24)15-9-11-18(12-10-15)27(25,26)23-17-7-4-6-16(21)13-17/h2-13,23H,1H3,(H,22,24). The lowest BCUT2D eigenvalue weighted by atomic mass is 10.1. The molecule has 0 bridgehead atoms. The third kappa shape index (κ3) is 4.51. The molecule has 0 aliphatic rings. The van der Waals surface area contributed by atoms with Crippen LogP contribution in [0.5, 0.6) is 0 Å². The van der Waals surface area contributed by atoms with Crippen molar-refractivity contribution in [3.63, 3.8) is 0 Å². The second-order valence-electron chi connectivity index (χ2n) is 5.91. The van der Waals surface area contributed by atoms with Crippen molar-refractivity contribution in [3.8, 4) is 0 Å². The van der Waals surface area contributed by atoms with Crippen LogP contribution in [-0.4, -0.2) is 14.3 Å². The van der Waals surface area contributed by atoms with Crippen molar-refractivity contribution in [1.29, 1.82) is 0 Å². The van der Waals surface area contributed by atoms with Gasteiger partial charge in [0, 0.05) is 11.3 Å². The first-order valence-corrected chi connectivity index (χ1v) is 9.59. The Hall–Kier alpha value is -3.19. The van der Waals surface area contributed by atoms with E-state index in [0.717, 1.165) is 11.6 Å². The molecule has 0 fully saturated rings. The highest BCUT2D eigenvalue weighted by atomic mass is 32.2. The molecule has 0 radical (unpaired) electrons. The zero-order valence-electron chi connectivity index (χ0n) is 14.4. The summed E-state index contributed by atoms with van der Waals surface area (Å²) in [6.45, 7) is 1.88. The van der Waals surface area contributed by atoms with Crippen LogP contribution in [0, 0.1) is 12.7 Å². The Kier molecular flexibility index (Phi) is 5.23. The SMILES string of the molecule is Cc1ccccc1NC(=O)c1ccc(S(=O)(=O)Nc2cccc(F)c2)cc1. The lowest BCUT2D eigenvalue weighted by Crippen LogP contribution is -2.15. The second-order valence-corrected chi connectivity index (χ2v) is 7.59. The molecule has 0 aromatic heterocycles. The molecular formula is C20H17FN2O3S. The summed E-state index contributed by atoms with van der Waals surface area (Å²) < 4.78 is 40.3. The minimum atomic E-state index is -3.89. The number of aryl methyl sites for hydroxylation is 1. The third-order valence-corrected chi connectivity index (χ3v) is 5.29. The van der Waals surface area contributed by atoms with Crippen LogP contribution in [-0.2, 0) is 10.0 Å². The van der Waals surface area contributed by atoms with Crippen LogP contribution in [0.25, 0.3) is 0 Å². The number of sulfonamides is 1. The van der Waals surface area contributed by atoms with Crippen molar-refractivity contribution in [3.05, 3.63) is 89.7 Å². The fourth-order valence-corrected chi connectivity index (χ4v) is 3.51. The van der Waals surface area contributed by atoms with Crippen molar-refractivity contribution in [1.82, 2.24) is 0 Å². The van der Waals surface area contributed by atoms with Gasteiger partial charge in [0.25, 0.3) is 15.9 Å². The van der Waals surface area contributed by atoms with Crippen LogP contribution in [0.1, 0.15) is 15.9 Å². The van der Waals surface area contributed by atoms with Crippen molar-refractivity contribution >= 4 is 27.3 Å². The van der Waals surface area contributed by atoms with Gasteiger partial charge in [-0.05, 0) is 61.0 Å². The van der Waals surface area contributed by atoms with E-state index in [0.29, 0.717) is 11.3 Å². The van der Waals surface area contributed by atoms with Gasteiger partial charge in [-0.2, -0.15) is 0 Å². The summed E-state index contributed by atoms with van der Waals surface area (Å²) in [6.07, 6.45) is 0. The molecule has 0 saturated heterocycles. The van der Waals surface area contributed by atoms with Crippen molar-refractivity contribution in [2.75, 3.05) is 10.0 Å². The number of hydrogen-bond acceptors (Lipinski definition) is 3. The molecule has 3 aromatic rings. The number of hydrogen-bond donors (Lipinski definition) is 2. The van der Waals surface area contributed by atoms with E-state index >= 15 is 0 Å². The van der Waals surface area contributed by atoms with Crippen LogP contribution in [0.15, 0.2) is 77.7 Å². The summed E-state index contributed by atoms with van der Waals surface area (Å²) in [5, 5.41) is 2.79. The van der Waals surface area contributed by atoms with Gasteiger partial charge in [0.15, 0.2) is 0 Å². The molecule has 27 heavy (non-hydrogen) atoms. The molecule has 7 heteroatoms. The van der Waals surface area contributed by atoms with Gasteiger partial charge < -0.3 is 5.32 Å². The second kappa shape index (κ2) is 7.59. The smallest absolute Gasteiger partial charge is 0.261 e. The predicted octanol–water partition coefficient (Wildman–Crippen LogP) is 4.19. The zero-order valence-corrected chi connectivity index (χ0v) is 15.3. The van der Waals surface area contributed by atoms with Crippen LogP contribution in [0.4, 0.5) is 15.8 Å². The number of rotatable bonds is 5. The molecule has 3 aromatic carbocycles. The molecule has 0 spiro atoms. The summed E-state index contributed by atoms with van der Waals surface area (Å²) in [5.41, 5.74) is 2.05. The largest absolute Gasteiger partial charge is 0.322 e. The summed E-state index contributed by atoms with van der Waals surface area (Å²) in [5.74, 6) is -0.884. The average Bonchev–Trinajstić information content (AvgIpc) is 2.63. The molecule has 1 amide bonds. The van der Waals surface area contributed by atoms with E-state index in [-0.39, 0.29) is 16.5 Å². The molecule has 3 rings (SSSR count). The number of para-hydroxylation sites is 1. The molecule has 0 atom stereocenters. The van der Waals surface area contributed by atoms with Gasteiger partial charge in [-0.25, -0.2) is 12.8 Å². The molecule has 5 nitrogen and oxygen atoms in total. The lowest BCUT2D eigenvalue weighted by Gasteiger charge is -2.10. The summed E-state index contributed by atoms with van der Waals surface area (Å²) in [7, 11) is -3.89. The normalized spacial score (nSPS) is 11.0. The number of carbonyl (C=O) groups is 1. The minimum absolute atomic E-state index is 0.0285. The molecule has 0 heterocycles. The van der Waals surface area contributed by atoms with Gasteiger partial charge in [-0.15, -0.1) is 0 Å². The highest BCUT2D eigenvalue weighted by Crippen LogP contribution is 2.19. The van der Waals surface area contributed by atoms with Crippen LogP contribution >= 0.6 is 0 Å². The highest BCUT2D eigenvalue weighted by molar-refractivity contribution is 7.92. The Bertz CT molecular complexity index is 1080. The summed E-state index contributed by atoms with van der Waals surface area (Å²) >= 11 is 0. The number of halogens is 1. The molecule has 2 N–H and O–H groups in total. The van der Waals surface area contributed by atoms with E-state index in [1.165, 1.54) is 42.5 Å². The number of amides is 1. The monoisotopic (exact) mass is 384 g/mol. The van der Waals surface area contributed by atoms with E-state index < -0.39 is 15.8 Å². The number of nitrogens with one attached hydrogen (secondary N) is 2. The van der Waals surface area contributed by atoms with Gasteiger partial charge in [0.05, 0.1) is 10.6 Å². The average molecular weight is 384 g/mol. The zero-order chi connectivity index (χ0) is 19.4. The number of carbonyl (C=O) groups excluding carboxylic acids is 1. The summed E-state index contributed by atoms with van der Waals surface area (Å²) in [6, 6.07) is 18.0. The quantitative estimate of drug-likeness (QED) is 0.693. The van der Waals surface area contributed by atoms with Gasteiger partial charge in [-0.3, -0.25) is 9.52 Å². The fourth-order valence-electron chi connectivity index (χ4n) is 2.46. The first-order valence-electron chi connectivity index (χ1n) is 8.10. The number of anilines is 2. The maximum Gasteiger partial charge on any atom is 0.261 e. The van der Waals surface area contributed by atoms with Gasteiger partial charge in [0.2, 0.25) is 0 Å². The number of benzene rings is 3. The Labute approximate surface area is 156 Å². The Balaban J connectivity index is 1.76. The molecular weight excluding hydrogens is 367 g/mol. The van der Waals surface area contributed by atoms with E-state index in [1.807, 2.05) is 25.1 Å². The molecule has 0 aliphatic heterocycles. The third-order valence-electron chi connectivity index (χ3n) is 3.90. The molecule has 138 valence electrons. The maximum atomic E-state index is 13.2. The topological polar surface area (TPSA) is 75.3 Å². The minimum Gasteiger partial charge on any atom is -0.322 e. The van der Waals surface area contributed by atoms with E-state index in [9.17, 15) is 17.6 Å². The van der Waals surface area contributed by atoms with Gasteiger partial charge in [-0.1, -0.05) is 24.3 Å². The Morgan fingerprint density at radius 1 is 0.926 bits per heavy atom. The molecule has 0 aliphatic carbocycles. The van der Waals surface area contributed by atoms with Crippen LogP contribution in [0.3, 0.4) is 0 Å². The first kappa shape index (κ1) is 18.6. The fraction of sp³-hybridized carbons (Fsp3) is 0.0500. The molecule has 0 saturated carbocycles. The lowest BCUT2D eigenvalue weighted by molar-refractivity contribution is 0.102. The first-order chi connectivity index (χ1) is 12.8.